The third kappa shape index (κ3) is 157. The summed E-state index contributed by atoms with van der Waals surface area (Å²) in [4.78, 5) is 8.63. The summed E-state index contributed by atoms with van der Waals surface area (Å²) < 4.78 is 0. The van der Waals surface area contributed by atoms with Gasteiger partial charge in [0.2, 0.25) is 0 Å². The van der Waals surface area contributed by atoms with E-state index in [1.54, 1.807) is 0 Å². The normalized spacial score (nSPS) is 8.57. The fourth-order valence-corrected chi connectivity index (χ4v) is 0. The van der Waals surface area contributed by atoms with Crippen LogP contribution in [0.15, 0.2) is 0 Å². The SMILES string of the molecule is C[P+](C)(C)O.[CH3-].[W]. The first kappa shape index (κ1) is 15.7. The van der Waals surface area contributed by atoms with Crippen molar-refractivity contribution in [3.63, 3.8) is 0 Å². The predicted octanol–water partition coefficient (Wildman–Crippen LogP) is 1.25. The van der Waals surface area contributed by atoms with Crippen molar-refractivity contribution >= 4 is 7.49 Å². The molecule has 0 saturated heterocycles. The minimum Gasteiger partial charge on any atom is -0.358 e. The Bertz CT molecular complexity index is 27.2. The standard InChI is InChI=1S/C3H10OP.CH3.W/c1-5(2,3)4;;/h4H,1-3H3;1H3;/q+1;-1;. The monoisotopic (exact) mass is 292 g/mol. The van der Waals surface area contributed by atoms with Crippen LogP contribution in [0.5, 0.6) is 0 Å². The van der Waals surface area contributed by atoms with Crippen LogP contribution in [0, 0.1) is 7.43 Å². The van der Waals surface area contributed by atoms with Crippen LogP contribution in [0.1, 0.15) is 0 Å². The quantitative estimate of drug-likeness (QED) is 0.526. The van der Waals surface area contributed by atoms with E-state index in [4.69, 9.17) is 4.89 Å². The average Bonchev–Trinajstić information content (AvgIpc) is 0.722. The number of hydrogen-bond donors (Lipinski definition) is 1. The summed E-state index contributed by atoms with van der Waals surface area (Å²) in [5, 5.41) is 0. The van der Waals surface area contributed by atoms with Gasteiger partial charge in [-0.25, -0.2) is 0 Å². The molecule has 0 unspecified atom stereocenters. The molecule has 7 heavy (non-hydrogen) atoms. The van der Waals surface area contributed by atoms with Crippen molar-refractivity contribution in [3.05, 3.63) is 7.43 Å². The molecule has 46 valence electrons. The first-order chi connectivity index (χ1) is 2.00. The molecule has 0 aromatic rings. The van der Waals surface area contributed by atoms with Crippen LogP contribution in [-0.4, -0.2) is 24.9 Å². The third-order valence-electron chi connectivity index (χ3n) is 0. The van der Waals surface area contributed by atoms with Gasteiger partial charge in [-0.15, -0.1) is 0 Å². The van der Waals surface area contributed by atoms with Gasteiger partial charge in [0.15, 0.2) is 0 Å². The fourth-order valence-electron chi connectivity index (χ4n) is 0. The van der Waals surface area contributed by atoms with E-state index in [1.807, 2.05) is 20.0 Å². The van der Waals surface area contributed by atoms with Crippen LogP contribution in [0.4, 0.5) is 0 Å². The Kier molecular flexibility index (Phi) is 11.7. The van der Waals surface area contributed by atoms with Crippen LogP contribution in [0.2, 0.25) is 0 Å². The molecular weight excluding hydrogens is 279 g/mol. The molecule has 1 nitrogen and oxygen atoms in total. The van der Waals surface area contributed by atoms with E-state index < -0.39 is 7.49 Å². The molecular formula is C4H13OPW. The van der Waals surface area contributed by atoms with Gasteiger partial charge in [-0.05, 0) is 0 Å². The maximum Gasteiger partial charge on any atom is 0.133 e. The summed E-state index contributed by atoms with van der Waals surface area (Å²) in [5.74, 6) is 0. The summed E-state index contributed by atoms with van der Waals surface area (Å²) in [6, 6.07) is 0. The molecule has 0 aliphatic carbocycles. The minimum atomic E-state index is -1.39. The maximum absolute atomic E-state index is 8.63. The van der Waals surface area contributed by atoms with E-state index in [9.17, 15) is 0 Å². The molecule has 0 aromatic carbocycles. The molecule has 0 amide bonds. The van der Waals surface area contributed by atoms with Crippen molar-refractivity contribution in [2.24, 2.45) is 0 Å². The van der Waals surface area contributed by atoms with Gasteiger partial charge in [-0.1, -0.05) is 0 Å². The zero-order valence-electron chi connectivity index (χ0n) is 5.30. The van der Waals surface area contributed by atoms with E-state index in [2.05, 4.69) is 0 Å². The molecule has 0 aromatic heterocycles. The largest absolute Gasteiger partial charge is 0.358 e. The predicted molar refractivity (Wildman–Crippen MR) is 33.3 cm³/mol. The number of rotatable bonds is 0. The Hall–Kier alpha value is 1.08. The van der Waals surface area contributed by atoms with Crippen LogP contribution < -0.4 is 0 Å². The molecule has 0 heterocycles. The van der Waals surface area contributed by atoms with Gasteiger partial charge in [0.25, 0.3) is 0 Å². The molecule has 0 atom stereocenters. The second kappa shape index (κ2) is 5.22. The zero-order valence-corrected chi connectivity index (χ0v) is 9.13. The van der Waals surface area contributed by atoms with E-state index in [0.29, 0.717) is 0 Å². The summed E-state index contributed by atoms with van der Waals surface area (Å²) in [6.07, 6.45) is 0. The van der Waals surface area contributed by atoms with Crippen molar-refractivity contribution < 1.29 is 26.0 Å². The molecule has 0 radical (unpaired) electrons. The van der Waals surface area contributed by atoms with E-state index in [1.165, 1.54) is 0 Å². The Morgan fingerprint density at radius 2 is 1.14 bits per heavy atom. The Morgan fingerprint density at radius 1 is 1.14 bits per heavy atom. The molecule has 0 bridgehead atoms. The van der Waals surface area contributed by atoms with Crippen molar-refractivity contribution in [2.45, 2.75) is 0 Å². The van der Waals surface area contributed by atoms with Crippen molar-refractivity contribution in [1.82, 2.24) is 0 Å². The van der Waals surface area contributed by atoms with E-state index in [-0.39, 0.29) is 28.5 Å². The Labute approximate surface area is 61.2 Å². The molecule has 0 aliphatic heterocycles. The molecule has 0 rings (SSSR count). The second-order valence-corrected chi connectivity index (χ2v) is 5.82. The summed E-state index contributed by atoms with van der Waals surface area (Å²) >= 11 is 0. The van der Waals surface area contributed by atoms with Gasteiger partial charge in [0, 0.05) is 21.1 Å². The van der Waals surface area contributed by atoms with Gasteiger partial charge in [-0.3, -0.25) is 4.89 Å². The van der Waals surface area contributed by atoms with Gasteiger partial charge in [0.05, 0.1) is 20.0 Å². The summed E-state index contributed by atoms with van der Waals surface area (Å²) in [7, 11) is -1.39. The van der Waals surface area contributed by atoms with Crippen molar-refractivity contribution in [2.75, 3.05) is 20.0 Å². The van der Waals surface area contributed by atoms with Gasteiger partial charge in [-0.2, -0.15) is 0 Å². The van der Waals surface area contributed by atoms with Crippen LogP contribution in [-0.2, 0) is 21.1 Å². The van der Waals surface area contributed by atoms with Crippen LogP contribution in [0.25, 0.3) is 0 Å². The maximum atomic E-state index is 8.63. The second-order valence-electron chi connectivity index (χ2n) is 1.94. The van der Waals surface area contributed by atoms with Gasteiger partial charge >= 0.3 is 0 Å². The molecule has 1 N–H and O–H groups in total. The third-order valence-corrected chi connectivity index (χ3v) is 0. The van der Waals surface area contributed by atoms with Crippen molar-refractivity contribution in [1.29, 1.82) is 0 Å². The Morgan fingerprint density at radius 3 is 1.14 bits per heavy atom. The fraction of sp³-hybridized carbons (Fsp3) is 0.750. The topological polar surface area (TPSA) is 20.2 Å². The van der Waals surface area contributed by atoms with Crippen LogP contribution >= 0.6 is 7.49 Å². The van der Waals surface area contributed by atoms with Crippen LogP contribution in [0.3, 0.4) is 0 Å². The van der Waals surface area contributed by atoms with E-state index in [0.717, 1.165) is 0 Å². The minimum absolute atomic E-state index is 0. The molecule has 0 spiro atoms. The Balaban J connectivity index is -0.0000000800. The molecule has 3 heteroatoms. The zero-order chi connectivity index (χ0) is 4.50. The van der Waals surface area contributed by atoms with E-state index >= 15 is 0 Å². The number of hydrogen-bond acceptors (Lipinski definition) is 1. The molecule has 0 fully saturated rings. The van der Waals surface area contributed by atoms with Gasteiger partial charge in [0.1, 0.15) is 7.49 Å². The molecule has 0 saturated carbocycles. The molecule has 0 aliphatic rings. The first-order valence-corrected chi connectivity index (χ1v) is 4.62. The summed E-state index contributed by atoms with van der Waals surface area (Å²) in [6.45, 7) is 5.56. The average molecular weight is 292 g/mol. The summed E-state index contributed by atoms with van der Waals surface area (Å²) in [5.41, 5.74) is 0. The van der Waals surface area contributed by atoms with Gasteiger partial charge < -0.3 is 7.43 Å². The first-order valence-electron chi connectivity index (χ1n) is 1.54. The smallest absolute Gasteiger partial charge is 0.133 e. The van der Waals surface area contributed by atoms with Crippen molar-refractivity contribution in [3.8, 4) is 0 Å².